The predicted octanol–water partition coefficient (Wildman–Crippen LogP) is 2.19. The predicted molar refractivity (Wildman–Crippen MR) is 83.1 cm³/mol. The molecular weight excluding hydrogens is 276 g/mol. The van der Waals surface area contributed by atoms with Gasteiger partial charge in [-0.2, -0.15) is 0 Å². The van der Waals surface area contributed by atoms with E-state index in [4.69, 9.17) is 21.7 Å². The molecule has 0 radical (unpaired) electrons. The number of anilines is 1. The van der Waals surface area contributed by atoms with Crippen LogP contribution in [0.15, 0.2) is 24.3 Å². The van der Waals surface area contributed by atoms with Crippen molar-refractivity contribution < 1.29 is 14.3 Å². The summed E-state index contributed by atoms with van der Waals surface area (Å²) in [5.74, 6) is -0.363. The van der Waals surface area contributed by atoms with Crippen LogP contribution in [0, 0.1) is 0 Å². The number of benzene rings is 1. The Morgan fingerprint density at radius 2 is 2.10 bits per heavy atom. The van der Waals surface area contributed by atoms with Crippen molar-refractivity contribution in [1.82, 2.24) is 5.32 Å². The summed E-state index contributed by atoms with van der Waals surface area (Å²) in [5, 5.41) is 6.53. The van der Waals surface area contributed by atoms with E-state index < -0.39 is 0 Å². The van der Waals surface area contributed by atoms with Gasteiger partial charge >= 0.3 is 5.97 Å². The minimum Gasteiger partial charge on any atom is -0.462 e. The summed E-state index contributed by atoms with van der Waals surface area (Å²) in [4.78, 5) is 11.8. The molecule has 0 fully saturated rings. The number of hydrogen-bond acceptors (Lipinski definition) is 4. The number of nitrogens with one attached hydrogen (secondary N) is 2. The highest BCUT2D eigenvalue weighted by molar-refractivity contribution is 7.80. The first-order chi connectivity index (χ1) is 9.69. The number of para-hydroxylation sites is 1. The van der Waals surface area contributed by atoms with Crippen molar-refractivity contribution in [1.29, 1.82) is 0 Å². The lowest BCUT2D eigenvalue weighted by Gasteiger charge is -2.13. The van der Waals surface area contributed by atoms with Gasteiger partial charge in [0.1, 0.15) is 0 Å². The zero-order chi connectivity index (χ0) is 14.8. The Labute approximate surface area is 124 Å². The van der Waals surface area contributed by atoms with Crippen LogP contribution in [0.25, 0.3) is 0 Å². The van der Waals surface area contributed by atoms with Crippen molar-refractivity contribution in [3.05, 3.63) is 29.8 Å². The number of ether oxygens (including phenoxy) is 2. The average Bonchev–Trinajstić information content (AvgIpc) is 2.44. The Morgan fingerprint density at radius 1 is 1.35 bits per heavy atom. The van der Waals surface area contributed by atoms with E-state index >= 15 is 0 Å². The SMILES string of the molecule is CCOC(=O)c1ccccc1NC(=S)NCCCOC. The third-order valence-electron chi connectivity index (χ3n) is 2.48. The van der Waals surface area contributed by atoms with Crippen molar-refractivity contribution in [2.75, 3.05) is 32.2 Å². The highest BCUT2D eigenvalue weighted by atomic mass is 32.1. The number of methoxy groups -OCH3 is 1. The number of hydrogen-bond donors (Lipinski definition) is 2. The molecule has 1 aromatic carbocycles. The Bertz CT molecular complexity index is 452. The van der Waals surface area contributed by atoms with Gasteiger partial charge in [0, 0.05) is 20.3 Å². The summed E-state index contributed by atoms with van der Waals surface area (Å²) in [7, 11) is 1.66. The molecular formula is C14H20N2O3S. The van der Waals surface area contributed by atoms with Crippen molar-refractivity contribution in [3.8, 4) is 0 Å². The molecule has 0 aliphatic heterocycles. The second kappa shape index (κ2) is 9.28. The standard InChI is InChI=1S/C14H20N2O3S/c1-3-19-13(17)11-7-4-5-8-12(11)16-14(20)15-9-6-10-18-2/h4-5,7-8H,3,6,9-10H2,1-2H3,(H2,15,16,20). The van der Waals surface area contributed by atoms with Gasteiger partial charge in [0.2, 0.25) is 0 Å². The van der Waals surface area contributed by atoms with Crippen LogP contribution >= 0.6 is 12.2 Å². The van der Waals surface area contributed by atoms with Gasteiger partial charge in [-0.05, 0) is 37.7 Å². The van der Waals surface area contributed by atoms with Crippen molar-refractivity contribution >= 4 is 29.0 Å². The number of carbonyl (C=O) groups excluding carboxylic acids is 1. The van der Waals surface area contributed by atoms with Gasteiger partial charge < -0.3 is 20.1 Å². The second-order valence-corrected chi connectivity index (χ2v) is 4.40. The summed E-state index contributed by atoms with van der Waals surface area (Å²) in [6.45, 7) is 3.50. The molecule has 20 heavy (non-hydrogen) atoms. The summed E-state index contributed by atoms with van der Waals surface area (Å²) < 4.78 is 9.96. The summed E-state index contributed by atoms with van der Waals surface area (Å²) >= 11 is 5.18. The topological polar surface area (TPSA) is 59.6 Å². The van der Waals surface area contributed by atoms with Crippen LogP contribution in [0.3, 0.4) is 0 Å². The fourth-order valence-electron chi connectivity index (χ4n) is 1.56. The van der Waals surface area contributed by atoms with Gasteiger partial charge in [-0.25, -0.2) is 4.79 Å². The Kier molecular flexibility index (Phi) is 7.60. The molecule has 0 saturated heterocycles. The molecule has 0 amide bonds. The molecule has 0 aromatic heterocycles. The molecule has 0 saturated carbocycles. The molecule has 1 rings (SSSR count). The first kappa shape index (κ1) is 16.4. The van der Waals surface area contributed by atoms with E-state index in [2.05, 4.69) is 10.6 Å². The molecule has 2 N–H and O–H groups in total. The van der Waals surface area contributed by atoms with Crippen LogP contribution < -0.4 is 10.6 Å². The van der Waals surface area contributed by atoms with E-state index in [0.29, 0.717) is 36.1 Å². The van der Waals surface area contributed by atoms with Gasteiger partial charge in [0.05, 0.1) is 17.9 Å². The van der Waals surface area contributed by atoms with Crippen LogP contribution in [0.2, 0.25) is 0 Å². The molecule has 0 aliphatic rings. The molecule has 6 heteroatoms. The molecule has 0 bridgehead atoms. The largest absolute Gasteiger partial charge is 0.462 e. The van der Waals surface area contributed by atoms with E-state index in [0.717, 1.165) is 6.42 Å². The fraction of sp³-hybridized carbons (Fsp3) is 0.429. The van der Waals surface area contributed by atoms with E-state index in [1.807, 2.05) is 6.07 Å². The summed E-state index contributed by atoms with van der Waals surface area (Å²) in [5.41, 5.74) is 1.10. The molecule has 1 aromatic rings. The van der Waals surface area contributed by atoms with Crippen molar-refractivity contribution in [3.63, 3.8) is 0 Å². The first-order valence-electron chi connectivity index (χ1n) is 6.49. The molecule has 0 unspecified atom stereocenters. The van der Waals surface area contributed by atoms with E-state index in [1.165, 1.54) is 0 Å². The van der Waals surface area contributed by atoms with E-state index in [9.17, 15) is 4.79 Å². The normalized spacial score (nSPS) is 9.90. The van der Waals surface area contributed by atoms with Crippen LogP contribution in [0.1, 0.15) is 23.7 Å². The van der Waals surface area contributed by atoms with Crippen molar-refractivity contribution in [2.45, 2.75) is 13.3 Å². The van der Waals surface area contributed by atoms with Crippen LogP contribution in [0.5, 0.6) is 0 Å². The highest BCUT2D eigenvalue weighted by Gasteiger charge is 2.12. The van der Waals surface area contributed by atoms with Crippen LogP contribution in [-0.2, 0) is 9.47 Å². The Balaban J connectivity index is 2.58. The molecule has 0 spiro atoms. The molecule has 0 aliphatic carbocycles. The monoisotopic (exact) mass is 296 g/mol. The highest BCUT2D eigenvalue weighted by Crippen LogP contribution is 2.16. The summed E-state index contributed by atoms with van der Waals surface area (Å²) in [6.07, 6.45) is 0.859. The van der Waals surface area contributed by atoms with Crippen LogP contribution in [0.4, 0.5) is 5.69 Å². The third-order valence-corrected chi connectivity index (χ3v) is 2.73. The molecule has 5 nitrogen and oxygen atoms in total. The zero-order valence-electron chi connectivity index (χ0n) is 11.8. The maximum Gasteiger partial charge on any atom is 0.340 e. The number of rotatable bonds is 7. The van der Waals surface area contributed by atoms with E-state index in [1.54, 1.807) is 32.2 Å². The number of thiocarbonyl (C=S) groups is 1. The maximum atomic E-state index is 11.8. The molecule has 0 atom stereocenters. The zero-order valence-corrected chi connectivity index (χ0v) is 12.6. The average molecular weight is 296 g/mol. The lowest BCUT2D eigenvalue weighted by molar-refractivity contribution is 0.0527. The van der Waals surface area contributed by atoms with Gasteiger partial charge in [-0.3, -0.25) is 0 Å². The fourth-order valence-corrected chi connectivity index (χ4v) is 1.78. The Morgan fingerprint density at radius 3 is 2.80 bits per heavy atom. The van der Waals surface area contributed by atoms with Gasteiger partial charge in [-0.15, -0.1) is 0 Å². The maximum absolute atomic E-state index is 11.8. The molecule has 0 heterocycles. The van der Waals surface area contributed by atoms with Gasteiger partial charge in [0.15, 0.2) is 5.11 Å². The minimum atomic E-state index is -0.363. The van der Waals surface area contributed by atoms with Gasteiger partial charge in [0.25, 0.3) is 0 Å². The number of esters is 1. The molecule has 110 valence electrons. The van der Waals surface area contributed by atoms with Crippen molar-refractivity contribution in [2.24, 2.45) is 0 Å². The lowest BCUT2D eigenvalue weighted by Crippen LogP contribution is -2.30. The number of carbonyl (C=O) groups is 1. The first-order valence-corrected chi connectivity index (χ1v) is 6.89. The quantitative estimate of drug-likeness (QED) is 0.457. The second-order valence-electron chi connectivity index (χ2n) is 3.99. The lowest BCUT2D eigenvalue weighted by atomic mass is 10.2. The van der Waals surface area contributed by atoms with E-state index in [-0.39, 0.29) is 5.97 Å². The minimum absolute atomic E-state index is 0.340. The van der Waals surface area contributed by atoms with Gasteiger partial charge in [-0.1, -0.05) is 12.1 Å². The van der Waals surface area contributed by atoms with Crippen LogP contribution in [-0.4, -0.2) is 38.0 Å². The third kappa shape index (κ3) is 5.54. The smallest absolute Gasteiger partial charge is 0.340 e. The summed E-state index contributed by atoms with van der Waals surface area (Å²) in [6, 6.07) is 7.11. The Hall–Kier alpha value is -1.66.